The molecule has 0 saturated carbocycles. The molecule has 1 aromatic carbocycles. The van der Waals surface area contributed by atoms with Gasteiger partial charge in [0.25, 0.3) is 6.47 Å². The highest BCUT2D eigenvalue weighted by Gasteiger charge is 1.88. The quantitative estimate of drug-likeness (QED) is 0.548. The smallest absolute Gasteiger partial charge is 0.293 e. The van der Waals surface area contributed by atoms with Gasteiger partial charge < -0.3 is 4.74 Å². The van der Waals surface area contributed by atoms with Gasteiger partial charge in [-0.2, -0.15) is 0 Å². The van der Waals surface area contributed by atoms with Crippen molar-refractivity contribution in [1.82, 2.24) is 0 Å². The van der Waals surface area contributed by atoms with Crippen LogP contribution < -0.4 is 0 Å². The van der Waals surface area contributed by atoms with Gasteiger partial charge in [-0.3, -0.25) is 4.79 Å². The lowest BCUT2D eigenvalue weighted by molar-refractivity contribution is -0.128. The van der Waals surface area contributed by atoms with Crippen molar-refractivity contribution in [2.45, 2.75) is 12.8 Å². The van der Waals surface area contributed by atoms with Crippen molar-refractivity contribution in [3.05, 3.63) is 40.9 Å². The molecule has 0 fully saturated rings. The maximum Gasteiger partial charge on any atom is 0.293 e. The largest absolute Gasteiger partial charge is 0.468 e. The molecule has 80 valence electrons. The summed E-state index contributed by atoms with van der Waals surface area (Å²) < 4.78 is 4.57. The van der Waals surface area contributed by atoms with Gasteiger partial charge in [0.15, 0.2) is 0 Å². The van der Waals surface area contributed by atoms with Gasteiger partial charge in [0.2, 0.25) is 0 Å². The highest BCUT2D eigenvalue weighted by Crippen LogP contribution is 2.10. The summed E-state index contributed by atoms with van der Waals surface area (Å²) in [6, 6.07) is 7.63. The van der Waals surface area contributed by atoms with E-state index in [1.165, 1.54) is 0 Å². The zero-order valence-electron chi connectivity index (χ0n) is 8.36. The molecule has 1 aromatic rings. The Hall–Kier alpha value is -1.28. The molecule has 0 aliphatic heterocycles. The first-order valence-electron chi connectivity index (χ1n) is 4.80. The number of allylic oxidation sites excluding steroid dienone is 1. The maximum atomic E-state index is 9.84. The minimum absolute atomic E-state index is 0.475. The third kappa shape index (κ3) is 5.23. The number of carbonyl (C=O) groups excluding carboxylic acids is 1. The standard InChI is InChI=1S/C12H13ClO2/c13-12-7-5-11(6-8-12)4-2-1-3-9-15-10-14/h2,4-8,10H,1,3,9H2/b4-2+. The van der Waals surface area contributed by atoms with Gasteiger partial charge in [-0.05, 0) is 30.5 Å². The topological polar surface area (TPSA) is 26.3 Å². The molecule has 0 heterocycles. The number of benzene rings is 1. The van der Waals surface area contributed by atoms with Crippen LogP contribution >= 0.6 is 11.6 Å². The van der Waals surface area contributed by atoms with Crippen molar-refractivity contribution in [2.75, 3.05) is 6.61 Å². The lowest BCUT2D eigenvalue weighted by Crippen LogP contribution is -1.89. The Morgan fingerprint density at radius 1 is 1.27 bits per heavy atom. The molecule has 0 aliphatic rings. The fourth-order valence-electron chi connectivity index (χ4n) is 1.13. The zero-order chi connectivity index (χ0) is 10.9. The summed E-state index contributed by atoms with van der Waals surface area (Å²) in [5, 5.41) is 0.742. The van der Waals surface area contributed by atoms with Crippen LogP contribution in [0.3, 0.4) is 0 Å². The second-order valence-electron chi connectivity index (χ2n) is 3.06. The summed E-state index contributed by atoms with van der Waals surface area (Å²) >= 11 is 5.76. The Bertz CT molecular complexity index is 317. The Balaban J connectivity index is 2.25. The van der Waals surface area contributed by atoms with Crippen molar-refractivity contribution < 1.29 is 9.53 Å². The van der Waals surface area contributed by atoms with Gasteiger partial charge >= 0.3 is 0 Å². The molecule has 0 atom stereocenters. The lowest BCUT2D eigenvalue weighted by Gasteiger charge is -1.95. The van der Waals surface area contributed by atoms with Crippen molar-refractivity contribution >= 4 is 24.1 Å². The van der Waals surface area contributed by atoms with Gasteiger partial charge in [0.1, 0.15) is 0 Å². The molecular formula is C12H13ClO2. The molecule has 2 nitrogen and oxygen atoms in total. The maximum absolute atomic E-state index is 9.84. The number of hydrogen-bond donors (Lipinski definition) is 0. The predicted octanol–water partition coefficient (Wildman–Crippen LogP) is 3.31. The van der Waals surface area contributed by atoms with Gasteiger partial charge in [0, 0.05) is 5.02 Å². The van der Waals surface area contributed by atoms with E-state index in [-0.39, 0.29) is 0 Å². The lowest BCUT2D eigenvalue weighted by atomic mass is 10.2. The minimum Gasteiger partial charge on any atom is -0.468 e. The molecule has 1 rings (SSSR count). The van der Waals surface area contributed by atoms with Crippen LogP contribution in [0.5, 0.6) is 0 Å². The number of hydrogen-bond acceptors (Lipinski definition) is 2. The van der Waals surface area contributed by atoms with Crippen LogP contribution in [0.1, 0.15) is 18.4 Å². The second kappa shape index (κ2) is 7.07. The molecule has 3 heteroatoms. The molecule has 0 saturated heterocycles. The molecule has 0 bridgehead atoms. The Morgan fingerprint density at radius 2 is 2.00 bits per heavy atom. The highest BCUT2D eigenvalue weighted by atomic mass is 35.5. The summed E-state index contributed by atoms with van der Waals surface area (Å²) in [5.41, 5.74) is 1.12. The SMILES string of the molecule is O=COCCC/C=C/c1ccc(Cl)cc1. The summed E-state index contributed by atoms with van der Waals surface area (Å²) in [6.07, 6.45) is 5.83. The van der Waals surface area contributed by atoms with Crippen LogP contribution in [-0.4, -0.2) is 13.1 Å². The summed E-state index contributed by atoms with van der Waals surface area (Å²) in [7, 11) is 0. The average Bonchev–Trinajstić information content (AvgIpc) is 2.26. The highest BCUT2D eigenvalue weighted by molar-refractivity contribution is 6.30. The molecule has 0 spiro atoms. The fourth-order valence-corrected chi connectivity index (χ4v) is 1.25. The number of rotatable bonds is 6. The summed E-state index contributed by atoms with van der Waals surface area (Å²) in [4.78, 5) is 9.84. The Morgan fingerprint density at radius 3 is 2.67 bits per heavy atom. The van der Waals surface area contributed by atoms with E-state index < -0.39 is 0 Å². The van der Waals surface area contributed by atoms with Crippen LogP contribution in [0, 0.1) is 0 Å². The first-order chi connectivity index (χ1) is 7.33. The molecule has 0 radical (unpaired) electrons. The summed E-state index contributed by atoms with van der Waals surface area (Å²) in [6.45, 7) is 0.956. The predicted molar refractivity (Wildman–Crippen MR) is 61.7 cm³/mol. The van der Waals surface area contributed by atoms with Crippen molar-refractivity contribution in [1.29, 1.82) is 0 Å². The van der Waals surface area contributed by atoms with Crippen molar-refractivity contribution in [3.8, 4) is 0 Å². The van der Waals surface area contributed by atoms with Crippen LogP contribution in [0.25, 0.3) is 6.08 Å². The van der Waals surface area contributed by atoms with Gasteiger partial charge in [-0.25, -0.2) is 0 Å². The Labute approximate surface area is 94.5 Å². The summed E-state index contributed by atoms with van der Waals surface area (Å²) in [5.74, 6) is 0. The minimum atomic E-state index is 0.475. The normalized spacial score (nSPS) is 10.5. The van der Waals surface area contributed by atoms with Gasteiger partial charge in [0.05, 0.1) is 6.61 Å². The van der Waals surface area contributed by atoms with E-state index in [1.807, 2.05) is 30.3 Å². The average molecular weight is 225 g/mol. The molecule has 0 unspecified atom stereocenters. The number of unbranched alkanes of at least 4 members (excludes halogenated alkanes) is 1. The number of halogens is 1. The third-order valence-electron chi connectivity index (χ3n) is 1.88. The van der Waals surface area contributed by atoms with Crippen LogP contribution in [-0.2, 0) is 9.53 Å². The molecular weight excluding hydrogens is 212 g/mol. The van der Waals surface area contributed by atoms with E-state index in [2.05, 4.69) is 10.8 Å². The zero-order valence-corrected chi connectivity index (χ0v) is 9.11. The van der Waals surface area contributed by atoms with Gasteiger partial charge in [-0.1, -0.05) is 35.9 Å². The van der Waals surface area contributed by atoms with E-state index >= 15 is 0 Å². The molecule has 0 amide bonds. The monoisotopic (exact) mass is 224 g/mol. The van der Waals surface area contributed by atoms with E-state index in [0.717, 1.165) is 23.4 Å². The fraction of sp³-hybridized carbons (Fsp3) is 0.250. The van der Waals surface area contributed by atoms with Crippen molar-refractivity contribution in [3.63, 3.8) is 0 Å². The Kier molecular flexibility index (Phi) is 5.56. The van der Waals surface area contributed by atoms with E-state index in [9.17, 15) is 4.79 Å². The van der Waals surface area contributed by atoms with E-state index in [1.54, 1.807) is 0 Å². The molecule has 15 heavy (non-hydrogen) atoms. The van der Waals surface area contributed by atoms with Crippen molar-refractivity contribution in [2.24, 2.45) is 0 Å². The van der Waals surface area contributed by atoms with Crippen LogP contribution in [0.4, 0.5) is 0 Å². The van der Waals surface area contributed by atoms with E-state index in [0.29, 0.717) is 13.1 Å². The van der Waals surface area contributed by atoms with Crippen LogP contribution in [0.15, 0.2) is 30.3 Å². The van der Waals surface area contributed by atoms with Crippen LogP contribution in [0.2, 0.25) is 5.02 Å². The van der Waals surface area contributed by atoms with E-state index in [4.69, 9.17) is 11.6 Å². The number of ether oxygens (including phenoxy) is 1. The molecule has 0 aromatic heterocycles. The number of carbonyl (C=O) groups is 1. The first kappa shape index (κ1) is 11.8. The second-order valence-corrected chi connectivity index (χ2v) is 3.50. The third-order valence-corrected chi connectivity index (χ3v) is 2.13. The molecule has 0 N–H and O–H groups in total. The van der Waals surface area contributed by atoms with Gasteiger partial charge in [-0.15, -0.1) is 0 Å². The first-order valence-corrected chi connectivity index (χ1v) is 5.18. The molecule has 0 aliphatic carbocycles.